The molecule has 3 aromatic carbocycles. The van der Waals surface area contributed by atoms with Crippen molar-refractivity contribution in [3.05, 3.63) is 87.4 Å². The van der Waals surface area contributed by atoms with Gasteiger partial charge in [0.15, 0.2) is 11.5 Å². The molecule has 0 saturated carbocycles. The fraction of sp³-hybridized carbons (Fsp3) is 0.125. The highest BCUT2D eigenvalue weighted by Gasteiger charge is 2.16. The lowest BCUT2D eigenvalue weighted by atomic mass is 10.2. The van der Waals surface area contributed by atoms with Crippen molar-refractivity contribution in [2.75, 3.05) is 13.3 Å². The van der Waals surface area contributed by atoms with Gasteiger partial charge in [-0.3, -0.25) is 9.59 Å². The molecule has 1 heterocycles. The van der Waals surface area contributed by atoms with E-state index in [2.05, 4.69) is 15.8 Å². The number of halogens is 2. The van der Waals surface area contributed by atoms with Gasteiger partial charge in [-0.2, -0.15) is 5.10 Å². The smallest absolute Gasteiger partial charge is 0.259 e. The number of ether oxygens (including phenoxy) is 3. The molecule has 4 rings (SSSR count). The van der Waals surface area contributed by atoms with Crippen LogP contribution < -0.4 is 25.0 Å². The molecule has 0 unspecified atom stereocenters. The van der Waals surface area contributed by atoms with Gasteiger partial charge in [0, 0.05) is 11.1 Å². The minimum Gasteiger partial charge on any atom is -0.488 e. The van der Waals surface area contributed by atoms with Crippen molar-refractivity contribution >= 4 is 41.2 Å². The van der Waals surface area contributed by atoms with Gasteiger partial charge in [0.25, 0.3) is 11.8 Å². The van der Waals surface area contributed by atoms with Crippen LogP contribution in [0.5, 0.6) is 17.2 Å². The highest BCUT2D eigenvalue weighted by atomic mass is 35.5. The molecule has 1 aliphatic heterocycles. The van der Waals surface area contributed by atoms with E-state index in [1.54, 1.807) is 42.5 Å². The van der Waals surface area contributed by atoms with Gasteiger partial charge in [-0.05, 0) is 48.0 Å². The van der Waals surface area contributed by atoms with Crippen LogP contribution in [0.3, 0.4) is 0 Å². The fourth-order valence-electron chi connectivity index (χ4n) is 3.02. The molecule has 3 aromatic rings. The topological polar surface area (TPSA) is 98.3 Å². The Morgan fingerprint density at radius 1 is 1.00 bits per heavy atom. The van der Waals surface area contributed by atoms with E-state index in [0.29, 0.717) is 38.4 Å². The number of para-hydroxylation sites is 1. The Bertz CT molecular complexity index is 1250. The Labute approximate surface area is 205 Å². The van der Waals surface area contributed by atoms with Gasteiger partial charge in [-0.25, -0.2) is 5.43 Å². The lowest BCUT2D eigenvalue weighted by Gasteiger charge is -2.09. The Morgan fingerprint density at radius 2 is 1.82 bits per heavy atom. The number of hydrogen-bond acceptors (Lipinski definition) is 6. The zero-order valence-electron chi connectivity index (χ0n) is 17.7. The maximum absolute atomic E-state index is 12.3. The second kappa shape index (κ2) is 10.9. The van der Waals surface area contributed by atoms with Crippen molar-refractivity contribution in [1.29, 1.82) is 0 Å². The second-order valence-electron chi connectivity index (χ2n) is 7.12. The van der Waals surface area contributed by atoms with Gasteiger partial charge < -0.3 is 19.5 Å². The minimum atomic E-state index is -0.487. The van der Waals surface area contributed by atoms with Crippen molar-refractivity contribution in [3.8, 4) is 17.2 Å². The standard InChI is InChI=1S/C24H19Cl2N3O5/c25-18-7-5-15(9-19(18)26)13-32-20-4-2-1-3-17(20)11-28-29-23(30)12-27-24(31)16-6-8-21-22(10-16)34-14-33-21/h1-11H,12-14H2,(H,27,31)(H,29,30). The van der Waals surface area contributed by atoms with Crippen molar-refractivity contribution in [2.45, 2.75) is 6.61 Å². The van der Waals surface area contributed by atoms with Gasteiger partial charge in [0.1, 0.15) is 12.4 Å². The number of amides is 2. The lowest BCUT2D eigenvalue weighted by molar-refractivity contribution is -0.120. The summed E-state index contributed by atoms with van der Waals surface area (Å²) in [5, 5.41) is 7.40. The number of nitrogens with one attached hydrogen (secondary N) is 2. The number of carbonyl (C=O) groups is 2. The Morgan fingerprint density at radius 3 is 2.68 bits per heavy atom. The molecule has 0 saturated heterocycles. The minimum absolute atomic E-state index is 0.116. The molecule has 0 atom stereocenters. The fourth-order valence-corrected chi connectivity index (χ4v) is 3.34. The van der Waals surface area contributed by atoms with Gasteiger partial charge in [-0.1, -0.05) is 41.4 Å². The van der Waals surface area contributed by atoms with Crippen molar-refractivity contribution in [3.63, 3.8) is 0 Å². The summed E-state index contributed by atoms with van der Waals surface area (Å²) in [7, 11) is 0. The maximum Gasteiger partial charge on any atom is 0.259 e. The number of hydrazone groups is 1. The summed E-state index contributed by atoms with van der Waals surface area (Å²) in [5.74, 6) is 0.729. The maximum atomic E-state index is 12.3. The number of fused-ring (bicyclic) bond motifs is 1. The quantitative estimate of drug-likeness (QED) is 0.357. The van der Waals surface area contributed by atoms with Gasteiger partial charge in [0.05, 0.1) is 22.8 Å². The molecule has 8 nitrogen and oxygen atoms in total. The van der Waals surface area contributed by atoms with Crippen LogP contribution in [0.4, 0.5) is 0 Å². The van der Waals surface area contributed by atoms with Crippen LogP contribution in [0.1, 0.15) is 21.5 Å². The Hall–Kier alpha value is -3.75. The lowest BCUT2D eigenvalue weighted by Crippen LogP contribution is -2.34. The molecule has 0 aliphatic carbocycles. The van der Waals surface area contributed by atoms with E-state index < -0.39 is 11.8 Å². The molecule has 2 amide bonds. The number of rotatable bonds is 8. The summed E-state index contributed by atoms with van der Waals surface area (Å²) in [6.45, 7) is 0.143. The molecule has 34 heavy (non-hydrogen) atoms. The average Bonchev–Trinajstić information content (AvgIpc) is 3.32. The Kier molecular flexibility index (Phi) is 7.51. The van der Waals surface area contributed by atoms with Crippen LogP contribution in [0, 0.1) is 0 Å². The predicted molar refractivity (Wildman–Crippen MR) is 128 cm³/mol. The first kappa shape index (κ1) is 23.4. The van der Waals surface area contributed by atoms with Gasteiger partial charge in [-0.15, -0.1) is 0 Å². The van der Waals surface area contributed by atoms with Crippen LogP contribution in [0.25, 0.3) is 0 Å². The van der Waals surface area contributed by atoms with Gasteiger partial charge in [0.2, 0.25) is 6.79 Å². The Balaban J connectivity index is 1.28. The zero-order valence-corrected chi connectivity index (χ0v) is 19.2. The summed E-state index contributed by atoms with van der Waals surface area (Å²) < 4.78 is 16.3. The molecule has 0 spiro atoms. The number of hydrogen-bond donors (Lipinski definition) is 2. The number of benzene rings is 3. The number of carbonyl (C=O) groups excluding carboxylic acids is 2. The van der Waals surface area contributed by atoms with Crippen molar-refractivity contribution < 1.29 is 23.8 Å². The van der Waals surface area contributed by atoms with Crippen molar-refractivity contribution in [2.24, 2.45) is 5.10 Å². The molecule has 0 radical (unpaired) electrons. The molecule has 174 valence electrons. The third-order valence-electron chi connectivity index (χ3n) is 4.73. The normalized spacial score (nSPS) is 11.9. The average molecular weight is 500 g/mol. The largest absolute Gasteiger partial charge is 0.488 e. The van der Waals surface area contributed by atoms with E-state index in [0.717, 1.165) is 5.56 Å². The van der Waals surface area contributed by atoms with E-state index in [-0.39, 0.29) is 19.9 Å². The third-order valence-corrected chi connectivity index (χ3v) is 5.47. The SMILES string of the molecule is O=C(CNC(=O)c1ccc2c(c1)OCO2)NN=Cc1ccccc1OCc1ccc(Cl)c(Cl)c1. The van der Waals surface area contributed by atoms with Crippen LogP contribution in [0.15, 0.2) is 65.8 Å². The monoisotopic (exact) mass is 499 g/mol. The van der Waals surface area contributed by atoms with Crippen LogP contribution in [-0.2, 0) is 11.4 Å². The predicted octanol–water partition coefficient (Wildman–Crippen LogP) is 4.18. The van der Waals surface area contributed by atoms with E-state index in [4.69, 9.17) is 37.4 Å². The zero-order chi connectivity index (χ0) is 23.9. The van der Waals surface area contributed by atoms with E-state index in [1.807, 2.05) is 18.2 Å². The van der Waals surface area contributed by atoms with E-state index >= 15 is 0 Å². The third kappa shape index (κ3) is 5.98. The molecule has 0 fully saturated rings. The summed E-state index contributed by atoms with van der Waals surface area (Å²) in [4.78, 5) is 24.3. The second-order valence-corrected chi connectivity index (χ2v) is 7.93. The van der Waals surface area contributed by atoms with Gasteiger partial charge >= 0.3 is 0 Å². The molecule has 0 aromatic heterocycles. The van der Waals surface area contributed by atoms with Crippen LogP contribution in [-0.4, -0.2) is 31.4 Å². The summed E-state index contributed by atoms with van der Waals surface area (Å²) in [5.41, 5.74) is 4.25. The van der Waals surface area contributed by atoms with Crippen LogP contribution >= 0.6 is 23.2 Å². The highest BCUT2D eigenvalue weighted by Crippen LogP contribution is 2.32. The molecule has 0 bridgehead atoms. The first-order chi connectivity index (χ1) is 16.5. The highest BCUT2D eigenvalue weighted by molar-refractivity contribution is 6.42. The van der Waals surface area contributed by atoms with E-state index in [9.17, 15) is 9.59 Å². The summed E-state index contributed by atoms with van der Waals surface area (Å²) in [6, 6.07) is 17.3. The summed E-state index contributed by atoms with van der Waals surface area (Å²) >= 11 is 12.0. The molecule has 1 aliphatic rings. The summed E-state index contributed by atoms with van der Waals surface area (Å²) in [6.07, 6.45) is 1.46. The number of nitrogens with zero attached hydrogens (tertiary/aromatic N) is 1. The van der Waals surface area contributed by atoms with Crippen LogP contribution in [0.2, 0.25) is 10.0 Å². The van der Waals surface area contributed by atoms with Crippen molar-refractivity contribution in [1.82, 2.24) is 10.7 Å². The molecule has 2 N–H and O–H groups in total. The molecular formula is C24H19Cl2N3O5. The molecular weight excluding hydrogens is 481 g/mol. The first-order valence-corrected chi connectivity index (χ1v) is 10.9. The molecule has 10 heteroatoms. The van der Waals surface area contributed by atoms with E-state index in [1.165, 1.54) is 6.21 Å². The first-order valence-electron chi connectivity index (χ1n) is 10.1.